The number of nitrogens with one attached hydrogen (secondary N) is 2. The molecule has 0 unspecified atom stereocenters. The van der Waals surface area contributed by atoms with Gasteiger partial charge in [-0.1, -0.05) is 12.1 Å². The van der Waals surface area contributed by atoms with E-state index in [1.165, 1.54) is 0 Å². The van der Waals surface area contributed by atoms with Crippen molar-refractivity contribution in [3.63, 3.8) is 0 Å². The zero-order chi connectivity index (χ0) is 15.1. The average Bonchev–Trinajstić information content (AvgIpc) is 2.16. The maximum absolute atomic E-state index is 9.19. The molecule has 0 saturated carbocycles. The van der Waals surface area contributed by atoms with Crippen LogP contribution in [0.3, 0.4) is 0 Å². The zero-order valence-corrected chi connectivity index (χ0v) is 11.9. The van der Waals surface area contributed by atoms with Crippen LogP contribution in [0.1, 0.15) is 13.8 Å². The Labute approximate surface area is 113 Å². The van der Waals surface area contributed by atoms with Crippen molar-refractivity contribution >= 4 is 21.8 Å². The third-order valence-electron chi connectivity index (χ3n) is 1.52. The van der Waals surface area contributed by atoms with Crippen LogP contribution in [0.2, 0.25) is 0 Å². The quantitative estimate of drug-likeness (QED) is 0.377. The molecule has 0 aliphatic carbocycles. The Hall–Kier alpha value is -1.80. The summed E-state index contributed by atoms with van der Waals surface area (Å²) in [6.45, 7) is 3.90. The van der Waals surface area contributed by atoms with E-state index in [-0.39, 0.29) is 12.1 Å². The number of hydrogen-bond acceptors (Lipinski definition) is 4. The fraction of sp³-hybridized carbons (Fsp3) is 0.364. The van der Waals surface area contributed by atoms with Crippen molar-refractivity contribution in [2.75, 3.05) is 11.6 Å². The van der Waals surface area contributed by atoms with Crippen molar-refractivity contribution < 1.29 is 17.7 Å². The highest BCUT2D eigenvalue weighted by Crippen LogP contribution is 2.24. The standard InChI is InChI=1S/C10H15N3O.CH4O3S/c1-7(2)14-9-6-4-3-5-8(9)13-10(11)12;1-5(2,3)4/h3-7H,1-2H3,(H4,11,12,13);1H3,(H,2,3,4). The summed E-state index contributed by atoms with van der Waals surface area (Å²) in [6.07, 6.45) is 0.817. The van der Waals surface area contributed by atoms with Crippen LogP contribution in [-0.2, 0) is 10.1 Å². The Balaban J connectivity index is 0.000000555. The fourth-order valence-electron chi connectivity index (χ4n) is 1.07. The van der Waals surface area contributed by atoms with Crippen LogP contribution >= 0.6 is 0 Å². The Morgan fingerprint density at radius 3 is 2.32 bits per heavy atom. The maximum atomic E-state index is 9.19. The van der Waals surface area contributed by atoms with Gasteiger partial charge in [-0.25, -0.2) is 0 Å². The molecule has 0 fully saturated rings. The van der Waals surface area contributed by atoms with Crippen LogP contribution in [0, 0.1) is 5.41 Å². The van der Waals surface area contributed by atoms with Gasteiger partial charge in [-0.2, -0.15) is 8.42 Å². The van der Waals surface area contributed by atoms with Crippen molar-refractivity contribution in [1.82, 2.24) is 0 Å². The fourth-order valence-corrected chi connectivity index (χ4v) is 1.07. The predicted octanol–water partition coefficient (Wildman–Crippen LogP) is 1.28. The lowest BCUT2D eigenvalue weighted by molar-refractivity contribution is 0.244. The summed E-state index contributed by atoms with van der Waals surface area (Å²) in [5, 5.41) is 9.84. The molecule has 0 aliphatic rings. The summed E-state index contributed by atoms with van der Waals surface area (Å²) in [6, 6.07) is 7.39. The summed E-state index contributed by atoms with van der Waals surface area (Å²) in [4.78, 5) is 0. The molecule has 1 aromatic rings. The van der Waals surface area contributed by atoms with Crippen LogP contribution in [0.15, 0.2) is 24.3 Å². The third kappa shape index (κ3) is 11.0. The molecule has 0 heterocycles. The molecule has 0 saturated heterocycles. The van der Waals surface area contributed by atoms with Crippen molar-refractivity contribution in [3.8, 4) is 5.75 Å². The highest BCUT2D eigenvalue weighted by molar-refractivity contribution is 7.85. The average molecular weight is 289 g/mol. The van der Waals surface area contributed by atoms with E-state index in [9.17, 15) is 8.42 Å². The molecule has 7 nitrogen and oxygen atoms in total. The van der Waals surface area contributed by atoms with Crippen LogP contribution < -0.4 is 15.8 Å². The lowest BCUT2D eigenvalue weighted by Crippen LogP contribution is -2.21. The summed E-state index contributed by atoms with van der Waals surface area (Å²) in [5.74, 6) is 0.613. The van der Waals surface area contributed by atoms with E-state index < -0.39 is 10.1 Å². The Bertz CT molecular complexity index is 506. The molecule has 8 heteroatoms. The van der Waals surface area contributed by atoms with Crippen molar-refractivity contribution in [2.24, 2.45) is 5.73 Å². The van der Waals surface area contributed by atoms with Gasteiger partial charge < -0.3 is 15.8 Å². The van der Waals surface area contributed by atoms with E-state index in [1.807, 2.05) is 38.1 Å². The number of para-hydroxylation sites is 2. The van der Waals surface area contributed by atoms with E-state index in [4.69, 9.17) is 20.4 Å². The number of nitrogens with two attached hydrogens (primary N) is 1. The summed E-state index contributed by atoms with van der Waals surface area (Å²) >= 11 is 0. The second kappa shape index (κ2) is 7.59. The number of benzene rings is 1. The van der Waals surface area contributed by atoms with Gasteiger partial charge in [0.15, 0.2) is 5.96 Å². The van der Waals surface area contributed by atoms with Gasteiger partial charge in [-0.15, -0.1) is 0 Å². The molecule has 0 aromatic heterocycles. The zero-order valence-electron chi connectivity index (χ0n) is 11.0. The van der Waals surface area contributed by atoms with E-state index in [0.29, 0.717) is 17.7 Å². The molecular formula is C11H19N3O4S. The van der Waals surface area contributed by atoms with Crippen LogP contribution in [0.25, 0.3) is 0 Å². The molecule has 0 spiro atoms. The molecule has 0 amide bonds. The first kappa shape index (κ1) is 17.2. The minimum absolute atomic E-state index is 0.0928. The number of anilines is 1. The summed E-state index contributed by atoms with van der Waals surface area (Å²) in [7, 11) is -3.67. The van der Waals surface area contributed by atoms with E-state index in [2.05, 4.69) is 5.32 Å². The second-order valence-corrected chi connectivity index (χ2v) is 5.40. The molecule has 1 rings (SSSR count). The minimum Gasteiger partial charge on any atom is -0.489 e. The van der Waals surface area contributed by atoms with Crippen LogP contribution in [0.5, 0.6) is 5.75 Å². The number of guanidine groups is 1. The molecule has 1 aromatic carbocycles. The predicted molar refractivity (Wildman–Crippen MR) is 75.2 cm³/mol. The van der Waals surface area contributed by atoms with Crippen LogP contribution in [-0.4, -0.2) is 31.3 Å². The lowest BCUT2D eigenvalue weighted by Gasteiger charge is -2.14. The normalized spacial score (nSPS) is 10.4. The molecule has 0 radical (unpaired) electrons. The van der Waals surface area contributed by atoms with Crippen LogP contribution in [0.4, 0.5) is 5.69 Å². The number of ether oxygens (including phenoxy) is 1. The molecule has 19 heavy (non-hydrogen) atoms. The molecule has 0 aliphatic heterocycles. The Morgan fingerprint density at radius 2 is 1.89 bits per heavy atom. The van der Waals surface area contributed by atoms with E-state index in [0.717, 1.165) is 0 Å². The highest BCUT2D eigenvalue weighted by atomic mass is 32.2. The summed E-state index contributed by atoms with van der Waals surface area (Å²) in [5.41, 5.74) is 5.96. The van der Waals surface area contributed by atoms with Gasteiger partial charge in [-0.05, 0) is 26.0 Å². The lowest BCUT2D eigenvalue weighted by atomic mass is 10.3. The first-order valence-electron chi connectivity index (χ1n) is 5.38. The minimum atomic E-state index is -3.67. The SMILES string of the molecule is CC(C)Oc1ccccc1NC(=N)N.CS(=O)(=O)O. The van der Waals surface area contributed by atoms with Crippen molar-refractivity contribution in [2.45, 2.75) is 20.0 Å². The first-order valence-corrected chi connectivity index (χ1v) is 7.23. The van der Waals surface area contributed by atoms with E-state index >= 15 is 0 Å². The van der Waals surface area contributed by atoms with Crippen molar-refractivity contribution in [3.05, 3.63) is 24.3 Å². The number of hydrogen-bond donors (Lipinski definition) is 4. The number of rotatable bonds is 3. The van der Waals surface area contributed by atoms with Gasteiger partial charge in [0, 0.05) is 0 Å². The third-order valence-corrected chi connectivity index (χ3v) is 1.52. The maximum Gasteiger partial charge on any atom is 0.261 e. The first-order chi connectivity index (χ1) is 8.59. The van der Waals surface area contributed by atoms with E-state index in [1.54, 1.807) is 0 Å². The van der Waals surface area contributed by atoms with Gasteiger partial charge >= 0.3 is 0 Å². The largest absolute Gasteiger partial charge is 0.489 e. The topological polar surface area (TPSA) is 125 Å². The van der Waals surface area contributed by atoms with Gasteiger partial charge in [0.25, 0.3) is 10.1 Å². The smallest absolute Gasteiger partial charge is 0.261 e. The van der Waals surface area contributed by atoms with Gasteiger partial charge in [-0.3, -0.25) is 9.96 Å². The van der Waals surface area contributed by atoms with Crippen molar-refractivity contribution in [1.29, 1.82) is 5.41 Å². The van der Waals surface area contributed by atoms with Gasteiger partial charge in [0.05, 0.1) is 18.0 Å². The van der Waals surface area contributed by atoms with Gasteiger partial charge in [0.2, 0.25) is 0 Å². The monoisotopic (exact) mass is 289 g/mol. The molecule has 0 bridgehead atoms. The molecule has 5 N–H and O–H groups in total. The molecule has 108 valence electrons. The molecule has 0 atom stereocenters. The van der Waals surface area contributed by atoms with Gasteiger partial charge in [0.1, 0.15) is 5.75 Å². The molecular weight excluding hydrogens is 270 g/mol. The Morgan fingerprint density at radius 1 is 1.42 bits per heavy atom. The Kier molecular flexibility index (Phi) is 6.87. The second-order valence-electron chi connectivity index (χ2n) is 3.93. The highest BCUT2D eigenvalue weighted by Gasteiger charge is 2.04. The summed E-state index contributed by atoms with van der Waals surface area (Å²) < 4.78 is 31.4.